The molecule has 0 aliphatic carbocycles. The summed E-state index contributed by atoms with van der Waals surface area (Å²) >= 11 is 7.65. The zero-order valence-corrected chi connectivity index (χ0v) is 13.8. The fourth-order valence-corrected chi connectivity index (χ4v) is 3.21. The van der Waals surface area contributed by atoms with Crippen LogP contribution in [0.1, 0.15) is 11.3 Å². The van der Waals surface area contributed by atoms with E-state index in [0.717, 1.165) is 0 Å². The molecule has 118 valence electrons. The average Bonchev–Trinajstić information content (AvgIpc) is 3.31. The molecule has 0 N–H and O–H groups in total. The topological polar surface area (TPSA) is 58.7 Å². The zero-order chi connectivity index (χ0) is 16.5. The number of aliphatic imine (C=N–C) groups is 1. The summed E-state index contributed by atoms with van der Waals surface area (Å²) in [5, 5.41) is 2.87. The number of carbonyl (C=O) groups excluding carboxylic acids is 1. The number of furan rings is 1. The molecule has 0 saturated heterocycles. The average molecular weight is 356 g/mol. The van der Waals surface area contributed by atoms with Gasteiger partial charge < -0.3 is 4.42 Å². The number of amides is 1. The van der Waals surface area contributed by atoms with Crippen molar-refractivity contribution in [3.63, 3.8) is 0 Å². The van der Waals surface area contributed by atoms with E-state index in [-0.39, 0.29) is 11.6 Å². The van der Waals surface area contributed by atoms with Crippen molar-refractivity contribution >= 4 is 45.9 Å². The molecule has 0 bridgehead atoms. The second-order valence-electron chi connectivity index (χ2n) is 4.92. The van der Waals surface area contributed by atoms with Gasteiger partial charge in [0.15, 0.2) is 11.0 Å². The molecule has 0 radical (unpaired) electrons. The third kappa shape index (κ3) is 2.55. The van der Waals surface area contributed by atoms with Gasteiger partial charge in [-0.1, -0.05) is 23.7 Å². The van der Waals surface area contributed by atoms with Gasteiger partial charge >= 0.3 is 0 Å². The number of carbonyl (C=O) groups is 1. The van der Waals surface area contributed by atoms with Crippen molar-refractivity contribution in [1.29, 1.82) is 0 Å². The van der Waals surface area contributed by atoms with Crippen molar-refractivity contribution in [2.45, 2.75) is 0 Å². The molecule has 3 aromatic rings. The van der Waals surface area contributed by atoms with E-state index >= 15 is 0 Å². The summed E-state index contributed by atoms with van der Waals surface area (Å²) in [6, 6.07) is 10.8. The van der Waals surface area contributed by atoms with E-state index in [9.17, 15) is 4.79 Å². The molecule has 0 saturated carbocycles. The van der Waals surface area contributed by atoms with E-state index in [1.165, 1.54) is 16.2 Å². The summed E-state index contributed by atoms with van der Waals surface area (Å²) in [6.07, 6.45) is 4.79. The maximum atomic E-state index is 12.9. The number of nitrogens with zero attached hydrogens (tertiary/aromatic N) is 3. The summed E-state index contributed by atoms with van der Waals surface area (Å²) < 4.78 is 5.28. The number of amidine groups is 1. The van der Waals surface area contributed by atoms with E-state index in [1.807, 2.05) is 18.2 Å². The van der Waals surface area contributed by atoms with Crippen molar-refractivity contribution in [1.82, 2.24) is 4.98 Å². The minimum Gasteiger partial charge on any atom is -0.465 e. The van der Waals surface area contributed by atoms with Gasteiger partial charge in [-0.25, -0.2) is 14.9 Å². The van der Waals surface area contributed by atoms with Crippen LogP contribution < -0.4 is 4.90 Å². The van der Waals surface area contributed by atoms with Crippen LogP contribution in [0.2, 0.25) is 5.02 Å². The Labute approximate surface area is 146 Å². The van der Waals surface area contributed by atoms with E-state index < -0.39 is 0 Å². The molecule has 24 heavy (non-hydrogen) atoms. The molecule has 5 nitrogen and oxygen atoms in total. The predicted molar refractivity (Wildman–Crippen MR) is 94.3 cm³/mol. The first-order chi connectivity index (χ1) is 11.7. The monoisotopic (exact) mass is 355 g/mol. The van der Waals surface area contributed by atoms with Gasteiger partial charge in [-0.15, -0.1) is 11.3 Å². The first-order valence-electron chi connectivity index (χ1n) is 7.07. The quantitative estimate of drug-likeness (QED) is 0.661. The normalized spacial score (nSPS) is 16.0. The van der Waals surface area contributed by atoms with E-state index in [2.05, 4.69) is 9.98 Å². The van der Waals surface area contributed by atoms with Gasteiger partial charge in [-0.3, -0.25) is 4.79 Å². The Morgan fingerprint density at radius 1 is 1.21 bits per heavy atom. The molecule has 3 heterocycles. The van der Waals surface area contributed by atoms with Crippen molar-refractivity contribution in [3.8, 4) is 0 Å². The lowest BCUT2D eigenvalue weighted by Gasteiger charge is -2.15. The van der Waals surface area contributed by atoms with Gasteiger partial charge in [0.25, 0.3) is 5.91 Å². The Bertz CT molecular complexity index is 946. The van der Waals surface area contributed by atoms with Crippen molar-refractivity contribution in [2.75, 3.05) is 4.90 Å². The van der Waals surface area contributed by atoms with Crippen LogP contribution in [0.5, 0.6) is 0 Å². The number of anilines is 1. The van der Waals surface area contributed by atoms with Crippen LogP contribution in [-0.4, -0.2) is 16.7 Å². The number of hydrogen-bond donors (Lipinski definition) is 0. The highest BCUT2D eigenvalue weighted by atomic mass is 35.5. The molecule has 0 atom stereocenters. The maximum absolute atomic E-state index is 12.9. The summed E-state index contributed by atoms with van der Waals surface area (Å²) in [6.45, 7) is 0. The van der Waals surface area contributed by atoms with Crippen LogP contribution >= 0.6 is 22.9 Å². The van der Waals surface area contributed by atoms with Gasteiger partial charge in [0, 0.05) is 23.2 Å². The van der Waals surface area contributed by atoms with Crippen LogP contribution in [0.4, 0.5) is 5.13 Å². The molecule has 7 heteroatoms. The molecule has 1 amide bonds. The second-order valence-corrected chi connectivity index (χ2v) is 6.20. The largest absolute Gasteiger partial charge is 0.465 e. The SMILES string of the molecule is O=C1/C(=C\c2ccco2)N=C(c2ccccc2Cl)N1c1nccs1. The Hall–Kier alpha value is -2.70. The molecular formula is C17H10ClN3O2S. The Morgan fingerprint density at radius 3 is 2.79 bits per heavy atom. The van der Waals surface area contributed by atoms with E-state index in [0.29, 0.717) is 27.3 Å². The van der Waals surface area contributed by atoms with Crippen LogP contribution in [0.15, 0.2) is 69.3 Å². The van der Waals surface area contributed by atoms with Crippen molar-refractivity contribution < 1.29 is 9.21 Å². The molecule has 1 aliphatic heterocycles. The fraction of sp³-hybridized carbons (Fsp3) is 0. The van der Waals surface area contributed by atoms with Crippen LogP contribution in [0.3, 0.4) is 0 Å². The number of rotatable bonds is 3. The minimum atomic E-state index is -0.267. The molecule has 4 rings (SSSR count). The molecular weight excluding hydrogens is 346 g/mol. The number of halogens is 1. The zero-order valence-electron chi connectivity index (χ0n) is 12.2. The van der Waals surface area contributed by atoms with Crippen molar-refractivity contribution in [2.24, 2.45) is 4.99 Å². The molecule has 1 aromatic carbocycles. The van der Waals surface area contributed by atoms with E-state index in [1.54, 1.807) is 42.1 Å². The molecule has 0 unspecified atom stereocenters. The maximum Gasteiger partial charge on any atom is 0.284 e. The van der Waals surface area contributed by atoms with Gasteiger partial charge in [0.2, 0.25) is 0 Å². The third-order valence-corrected chi connectivity index (χ3v) is 4.49. The van der Waals surface area contributed by atoms with Gasteiger partial charge in [0.05, 0.1) is 11.3 Å². The smallest absolute Gasteiger partial charge is 0.284 e. The number of benzene rings is 1. The number of thiazole rings is 1. The predicted octanol–water partition coefficient (Wildman–Crippen LogP) is 4.22. The van der Waals surface area contributed by atoms with Gasteiger partial charge in [-0.2, -0.15) is 0 Å². The highest BCUT2D eigenvalue weighted by Gasteiger charge is 2.35. The lowest BCUT2D eigenvalue weighted by molar-refractivity contribution is -0.113. The summed E-state index contributed by atoms with van der Waals surface area (Å²) in [4.78, 5) is 23.0. The van der Waals surface area contributed by atoms with E-state index in [4.69, 9.17) is 16.0 Å². The number of hydrogen-bond acceptors (Lipinski definition) is 5. The standard InChI is InChI=1S/C17H10ClN3O2S/c18-13-6-2-1-5-12(13)15-20-14(10-11-4-3-8-23-11)16(22)21(15)17-19-7-9-24-17/h1-10H/b14-10+. The lowest BCUT2D eigenvalue weighted by Crippen LogP contribution is -2.32. The lowest BCUT2D eigenvalue weighted by atomic mass is 10.2. The third-order valence-electron chi connectivity index (χ3n) is 3.41. The Morgan fingerprint density at radius 2 is 2.08 bits per heavy atom. The molecule has 2 aromatic heterocycles. The van der Waals surface area contributed by atoms with Crippen LogP contribution in [0, 0.1) is 0 Å². The van der Waals surface area contributed by atoms with Crippen LogP contribution in [-0.2, 0) is 4.79 Å². The Balaban J connectivity index is 1.86. The van der Waals surface area contributed by atoms with Crippen LogP contribution in [0.25, 0.3) is 6.08 Å². The highest BCUT2D eigenvalue weighted by Crippen LogP contribution is 2.31. The molecule has 0 fully saturated rings. The fourth-order valence-electron chi connectivity index (χ4n) is 2.35. The first-order valence-corrected chi connectivity index (χ1v) is 8.32. The minimum absolute atomic E-state index is 0.267. The van der Waals surface area contributed by atoms with Crippen molar-refractivity contribution in [3.05, 3.63) is 76.3 Å². The van der Waals surface area contributed by atoms with Gasteiger partial charge in [-0.05, 0) is 24.3 Å². The first kappa shape index (κ1) is 14.9. The second kappa shape index (κ2) is 6.07. The number of aromatic nitrogens is 1. The molecule has 0 spiro atoms. The summed E-state index contributed by atoms with van der Waals surface area (Å²) in [5.74, 6) is 0.747. The van der Waals surface area contributed by atoms with Gasteiger partial charge in [0.1, 0.15) is 11.5 Å². The Kier molecular flexibility index (Phi) is 3.76. The molecule has 1 aliphatic rings. The summed E-state index contributed by atoms with van der Waals surface area (Å²) in [7, 11) is 0. The highest BCUT2D eigenvalue weighted by molar-refractivity contribution is 7.14. The summed E-state index contributed by atoms with van der Waals surface area (Å²) in [5.41, 5.74) is 0.945.